The third-order valence-corrected chi connectivity index (χ3v) is 5.06. The Bertz CT molecular complexity index is 1150. The molecular weight excluding hydrogens is 310 g/mol. The molecule has 0 fully saturated rings. The minimum atomic E-state index is 0.0213. The van der Waals surface area contributed by atoms with Crippen molar-refractivity contribution in [2.75, 3.05) is 0 Å². The molecule has 0 saturated carbocycles. The van der Waals surface area contributed by atoms with E-state index in [1.165, 1.54) is 10.9 Å². The van der Waals surface area contributed by atoms with Gasteiger partial charge in [0.2, 0.25) is 0 Å². The lowest BCUT2D eigenvalue weighted by atomic mass is 9.98. The second-order valence-electron chi connectivity index (χ2n) is 6.61. The van der Waals surface area contributed by atoms with Crippen LogP contribution in [0.1, 0.15) is 18.5 Å². The third kappa shape index (κ3) is 2.00. The number of fused-ring (bicyclic) bond motifs is 5. The van der Waals surface area contributed by atoms with Gasteiger partial charge in [-0.2, -0.15) is 0 Å². The van der Waals surface area contributed by atoms with Crippen molar-refractivity contribution in [1.29, 1.82) is 0 Å². The zero-order valence-corrected chi connectivity index (χ0v) is 13.9. The molecule has 122 valence electrons. The normalized spacial score (nSPS) is 15.8. The molecule has 0 bridgehead atoms. The lowest BCUT2D eigenvalue weighted by molar-refractivity contribution is 0.514. The van der Waals surface area contributed by atoms with E-state index in [9.17, 15) is 4.79 Å². The molecule has 0 aliphatic carbocycles. The monoisotopic (exact) mass is 327 g/mol. The third-order valence-electron chi connectivity index (χ3n) is 5.06. The van der Waals surface area contributed by atoms with E-state index in [-0.39, 0.29) is 11.6 Å². The molecule has 1 atom stereocenters. The van der Waals surface area contributed by atoms with Crippen molar-refractivity contribution in [3.63, 3.8) is 0 Å². The van der Waals surface area contributed by atoms with Gasteiger partial charge < -0.3 is 4.98 Å². The highest BCUT2D eigenvalue weighted by molar-refractivity contribution is 5.90. The number of aromatic nitrogens is 3. The van der Waals surface area contributed by atoms with Crippen LogP contribution in [0.25, 0.3) is 33.5 Å². The Hall–Kier alpha value is -3.14. The quantitative estimate of drug-likeness (QED) is 0.570. The summed E-state index contributed by atoms with van der Waals surface area (Å²) in [5, 5.41) is 1.22. The number of nitrogens with zero attached hydrogens (tertiary/aromatic N) is 2. The first-order valence-corrected chi connectivity index (χ1v) is 8.51. The molecule has 4 heteroatoms. The van der Waals surface area contributed by atoms with Gasteiger partial charge in [-0.25, -0.2) is 4.98 Å². The van der Waals surface area contributed by atoms with Crippen LogP contribution in [0.5, 0.6) is 0 Å². The Morgan fingerprint density at radius 1 is 1.08 bits per heavy atom. The number of benzene rings is 2. The molecule has 2 aromatic heterocycles. The maximum absolute atomic E-state index is 13.2. The highest BCUT2D eigenvalue weighted by atomic mass is 16.1. The number of hydrogen-bond acceptors (Lipinski definition) is 2. The number of nitrogens with one attached hydrogen (secondary N) is 1. The number of rotatable bonds is 1. The van der Waals surface area contributed by atoms with Crippen LogP contribution in [0.2, 0.25) is 0 Å². The summed E-state index contributed by atoms with van der Waals surface area (Å²) in [7, 11) is 0. The SMILES string of the molecule is CC1Cc2c([nH]c3ccccc23)-c2ncc(-c3ccccc3)c(=O)n21. The predicted molar refractivity (Wildman–Crippen MR) is 99.6 cm³/mol. The van der Waals surface area contributed by atoms with Gasteiger partial charge >= 0.3 is 0 Å². The van der Waals surface area contributed by atoms with Crippen molar-refractivity contribution in [3.8, 4) is 22.6 Å². The second-order valence-corrected chi connectivity index (χ2v) is 6.61. The van der Waals surface area contributed by atoms with Gasteiger partial charge in [-0.05, 0) is 30.5 Å². The zero-order valence-electron chi connectivity index (χ0n) is 13.9. The molecule has 4 aromatic rings. The molecule has 4 nitrogen and oxygen atoms in total. The molecule has 1 aliphatic heterocycles. The van der Waals surface area contributed by atoms with Crippen molar-refractivity contribution in [1.82, 2.24) is 14.5 Å². The Kier molecular flexibility index (Phi) is 2.95. The molecule has 1 N–H and O–H groups in total. The van der Waals surface area contributed by atoms with E-state index >= 15 is 0 Å². The Labute approximate surface area is 144 Å². The highest BCUT2D eigenvalue weighted by Crippen LogP contribution is 2.36. The molecule has 25 heavy (non-hydrogen) atoms. The van der Waals surface area contributed by atoms with Crippen LogP contribution in [0.4, 0.5) is 0 Å². The predicted octanol–water partition coefficient (Wildman–Crippen LogP) is 4.18. The average Bonchev–Trinajstić information content (AvgIpc) is 3.01. The van der Waals surface area contributed by atoms with Crippen molar-refractivity contribution in [2.24, 2.45) is 0 Å². The van der Waals surface area contributed by atoms with Crippen LogP contribution in [0, 0.1) is 0 Å². The fraction of sp³-hybridized carbons (Fsp3) is 0.143. The van der Waals surface area contributed by atoms with Crippen molar-refractivity contribution < 1.29 is 0 Å². The smallest absolute Gasteiger partial charge is 0.261 e. The van der Waals surface area contributed by atoms with E-state index in [0.29, 0.717) is 5.56 Å². The number of H-pyrrole nitrogens is 1. The van der Waals surface area contributed by atoms with E-state index in [0.717, 1.165) is 29.0 Å². The van der Waals surface area contributed by atoms with Crippen LogP contribution >= 0.6 is 0 Å². The molecule has 5 rings (SSSR count). The van der Waals surface area contributed by atoms with Gasteiger partial charge in [0.05, 0.1) is 11.3 Å². The zero-order chi connectivity index (χ0) is 17.0. The second kappa shape index (κ2) is 5.18. The average molecular weight is 327 g/mol. The van der Waals surface area contributed by atoms with Gasteiger partial charge in [0.15, 0.2) is 5.82 Å². The van der Waals surface area contributed by atoms with Crippen molar-refractivity contribution in [2.45, 2.75) is 19.4 Å². The first-order chi connectivity index (χ1) is 12.2. The Morgan fingerprint density at radius 2 is 1.84 bits per heavy atom. The lowest BCUT2D eigenvalue weighted by Crippen LogP contribution is -2.31. The van der Waals surface area contributed by atoms with Gasteiger partial charge in [0, 0.05) is 23.1 Å². The van der Waals surface area contributed by atoms with Gasteiger partial charge in [-0.15, -0.1) is 0 Å². The molecular formula is C21H17N3O. The van der Waals surface area contributed by atoms with E-state index in [2.05, 4.69) is 35.1 Å². The highest BCUT2D eigenvalue weighted by Gasteiger charge is 2.28. The van der Waals surface area contributed by atoms with Crippen molar-refractivity contribution in [3.05, 3.63) is 76.7 Å². The summed E-state index contributed by atoms with van der Waals surface area (Å²) in [4.78, 5) is 21.3. The summed E-state index contributed by atoms with van der Waals surface area (Å²) in [6, 6.07) is 18.1. The molecule has 3 heterocycles. The molecule has 1 unspecified atom stereocenters. The van der Waals surface area contributed by atoms with Gasteiger partial charge in [0.25, 0.3) is 5.56 Å². The number of para-hydroxylation sites is 1. The fourth-order valence-corrected chi connectivity index (χ4v) is 3.87. The maximum Gasteiger partial charge on any atom is 0.261 e. The van der Waals surface area contributed by atoms with Crippen molar-refractivity contribution >= 4 is 10.9 Å². The summed E-state index contributed by atoms with van der Waals surface area (Å²) in [6.45, 7) is 2.09. The van der Waals surface area contributed by atoms with Crippen LogP contribution in [-0.4, -0.2) is 14.5 Å². The first kappa shape index (κ1) is 14.2. The fourth-order valence-electron chi connectivity index (χ4n) is 3.87. The Balaban J connectivity index is 1.79. The molecule has 0 spiro atoms. The molecule has 2 aromatic carbocycles. The van der Waals surface area contributed by atoms with Gasteiger partial charge in [-0.3, -0.25) is 9.36 Å². The lowest BCUT2D eigenvalue weighted by Gasteiger charge is -2.25. The summed E-state index contributed by atoms with van der Waals surface area (Å²) >= 11 is 0. The first-order valence-electron chi connectivity index (χ1n) is 8.51. The molecule has 0 amide bonds. The van der Waals surface area contributed by atoms with Crippen LogP contribution in [-0.2, 0) is 6.42 Å². The van der Waals surface area contributed by atoms with E-state index in [1.807, 2.05) is 41.0 Å². The van der Waals surface area contributed by atoms with E-state index < -0.39 is 0 Å². The van der Waals surface area contributed by atoms with Crippen LogP contribution < -0.4 is 5.56 Å². The largest absolute Gasteiger partial charge is 0.352 e. The van der Waals surface area contributed by atoms with E-state index in [4.69, 9.17) is 0 Å². The standard InChI is InChI=1S/C21H17N3O/c1-13-11-16-15-9-5-6-10-18(15)23-19(16)20-22-12-17(21(25)24(13)20)14-7-3-2-4-8-14/h2-10,12-13,23H,11H2,1H3. The van der Waals surface area contributed by atoms with Crippen LogP contribution in [0.15, 0.2) is 65.6 Å². The number of aromatic amines is 1. The molecule has 1 aliphatic rings. The Morgan fingerprint density at radius 3 is 2.68 bits per heavy atom. The summed E-state index contributed by atoms with van der Waals surface area (Å²) in [5.41, 5.74) is 4.89. The minimum Gasteiger partial charge on any atom is -0.352 e. The summed E-state index contributed by atoms with van der Waals surface area (Å²) in [5.74, 6) is 0.731. The van der Waals surface area contributed by atoms with Gasteiger partial charge in [0.1, 0.15) is 0 Å². The van der Waals surface area contributed by atoms with E-state index in [1.54, 1.807) is 6.20 Å². The maximum atomic E-state index is 13.2. The topological polar surface area (TPSA) is 50.7 Å². The molecule has 0 saturated heterocycles. The number of hydrogen-bond donors (Lipinski definition) is 1. The van der Waals surface area contributed by atoms with Crippen LogP contribution in [0.3, 0.4) is 0 Å². The summed E-state index contributed by atoms with van der Waals surface area (Å²) in [6.07, 6.45) is 2.53. The van der Waals surface area contributed by atoms with Gasteiger partial charge in [-0.1, -0.05) is 48.5 Å². The minimum absolute atomic E-state index is 0.0213. The molecule has 0 radical (unpaired) electrons. The summed E-state index contributed by atoms with van der Waals surface area (Å²) < 4.78 is 1.83.